The fourth-order valence-corrected chi connectivity index (χ4v) is 4.65. The monoisotopic (exact) mass is 569 g/mol. The van der Waals surface area contributed by atoms with Gasteiger partial charge in [-0.2, -0.15) is 0 Å². The average Bonchev–Trinajstić information content (AvgIpc) is 3.48. The van der Waals surface area contributed by atoms with Crippen LogP contribution < -0.4 is 16.0 Å². The number of rotatable bonds is 10. The minimum absolute atomic E-state index is 0. The molecule has 3 N–H and O–H groups in total. The maximum absolute atomic E-state index is 11.7. The van der Waals surface area contributed by atoms with Gasteiger partial charge in [-0.25, -0.2) is 4.99 Å². The molecule has 2 aromatic rings. The molecule has 0 spiro atoms. The smallest absolute Gasteiger partial charge is 0.224 e. The maximum atomic E-state index is 11.7. The number of anilines is 1. The summed E-state index contributed by atoms with van der Waals surface area (Å²) >= 11 is 1.83. The summed E-state index contributed by atoms with van der Waals surface area (Å²) in [6.07, 6.45) is 3.97. The number of likely N-dealkylation sites (tertiary alicyclic amines) is 1. The van der Waals surface area contributed by atoms with Gasteiger partial charge in [0, 0.05) is 30.1 Å². The summed E-state index contributed by atoms with van der Waals surface area (Å²) in [6.45, 7) is 8.67. The van der Waals surface area contributed by atoms with Crippen LogP contribution in [0.5, 0.6) is 0 Å². The Kier molecular flexibility index (Phi) is 12.0. The molecule has 0 aliphatic carbocycles. The first-order valence-corrected chi connectivity index (χ1v) is 12.3. The number of amides is 1. The fourth-order valence-electron chi connectivity index (χ4n) is 3.79. The predicted molar refractivity (Wildman–Crippen MR) is 146 cm³/mol. The molecule has 1 aromatic heterocycles. The number of nitrogens with one attached hydrogen (secondary N) is 3. The number of hydrogen-bond acceptors (Lipinski definition) is 4. The third kappa shape index (κ3) is 8.37. The Morgan fingerprint density at radius 3 is 2.50 bits per heavy atom. The van der Waals surface area contributed by atoms with Gasteiger partial charge in [0.15, 0.2) is 5.96 Å². The van der Waals surface area contributed by atoms with Crippen molar-refractivity contribution in [2.24, 2.45) is 4.99 Å². The second-order valence-electron chi connectivity index (χ2n) is 7.85. The Balaban J connectivity index is 0.00000363. The van der Waals surface area contributed by atoms with Gasteiger partial charge in [0.2, 0.25) is 5.91 Å². The molecule has 0 saturated carbocycles. The van der Waals surface area contributed by atoms with Crippen molar-refractivity contribution >= 4 is 52.9 Å². The topological polar surface area (TPSA) is 68.8 Å². The lowest BCUT2D eigenvalue weighted by molar-refractivity contribution is -0.116. The van der Waals surface area contributed by atoms with Gasteiger partial charge in [-0.15, -0.1) is 35.3 Å². The van der Waals surface area contributed by atoms with Crippen molar-refractivity contribution < 1.29 is 4.79 Å². The number of thiophene rings is 1. The lowest BCUT2D eigenvalue weighted by atomic mass is 10.2. The molecule has 176 valence electrons. The van der Waals surface area contributed by atoms with Crippen LogP contribution in [0.25, 0.3) is 0 Å². The van der Waals surface area contributed by atoms with Gasteiger partial charge >= 0.3 is 0 Å². The van der Waals surface area contributed by atoms with Crippen molar-refractivity contribution in [1.29, 1.82) is 0 Å². The summed E-state index contributed by atoms with van der Waals surface area (Å²) in [6, 6.07) is 12.7. The van der Waals surface area contributed by atoms with Crippen LogP contribution in [0.15, 0.2) is 46.8 Å². The minimum Gasteiger partial charge on any atom is -0.357 e. The predicted octanol–water partition coefficient (Wildman–Crippen LogP) is 5.00. The van der Waals surface area contributed by atoms with Crippen LogP contribution in [0.1, 0.15) is 56.0 Å². The summed E-state index contributed by atoms with van der Waals surface area (Å²) in [7, 11) is 0. The molecule has 0 radical (unpaired) electrons. The average molecular weight is 570 g/mol. The van der Waals surface area contributed by atoms with Gasteiger partial charge < -0.3 is 16.0 Å². The second kappa shape index (κ2) is 14.5. The molecule has 6 nitrogen and oxygen atoms in total. The van der Waals surface area contributed by atoms with Crippen molar-refractivity contribution in [3.63, 3.8) is 0 Å². The van der Waals surface area contributed by atoms with Gasteiger partial charge in [-0.1, -0.05) is 25.1 Å². The summed E-state index contributed by atoms with van der Waals surface area (Å²) in [5, 5.41) is 12.0. The van der Waals surface area contributed by atoms with Crippen LogP contribution in [0.2, 0.25) is 0 Å². The largest absolute Gasteiger partial charge is 0.357 e. The third-order valence-corrected chi connectivity index (χ3v) is 6.37. The lowest BCUT2D eigenvalue weighted by Gasteiger charge is -2.27. The van der Waals surface area contributed by atoms with E-state index in [0.29, 0.717) is 19.0 Å². The summed E-state index contributed by atoms with van der Waals surface area (Å²) < 4.78 is 0. The zero-order valence-corrected chi connectivity index (χ0v) is 22.2. The molecule has 3 rings (SSSR count). The van der Waals surface area contributed by atoms with E-state index >= 15 is 0 Å². The molecular weight excluding hydrogens is 533 g/mol. The number of halogens is 1. The normalized spacial score (nSPS) is 15.1. The first-order chi connectivity index (χ1) is 15.2. The molecule has 2 heterocycles. The zero-order chi connectivity index (χ0) is 21.9. The van der Waals surface area contributed by atoms with E-state index in [1.54, 1.807) is 0 Å². The molecule has 1 saturated heterocycles. The summed E-state index contributed by atoms with van der Waals surface area (Å²) in [5.41, 5.74) is 1.95. The van der Waals surface area contributed by atoms with Crippen LogP contribution in [-0.2, 0) is 11.3 Å². The maximum Gasteiger partial charge on any atom is 0.224 e. The van der Waals surface area contributed by atoms with Gasteiger partial charge in [0.25, 0.3) is 0 Å². The van der Waals surface area contributed by atoms with Crippen molar-refractivity contribution in [3.8, 4) is 0 Å². The summed E-state index contributed by atoms with van der Waals surface area (Å²) in [4.78, 5) is 20.5. The summed E-state index contributed by atoms with van der Waals surface area (Å²) in [5.74, 6) is 0.897. The second-order valence-corrected chi connectivity index (χ2v) is 8.82. The molecule has 1 aromatic carbocycles. The highest BCUT2D eigenvalue weighted by atomic mass is 127. The number of hydrogen-bond donors (Lipinski definition) is 3. The number of aliphatic imine (C=N–C) groups is 1. The highest BCUT2D eigenvalue weighted by Crippen LogP contribution is 2.27. The zero-order valence-electron chi connectivity index (χ0n) is 19.1. The van der Waals surface area contributed by atoms with Gasteiger partial charge in [0.1, 0.15) is 0 Å². The van der Waals surface area contributed by atoms with Crippen LogP contribution in [0.4, 0.5) is 5.69 Å². The Hall–Kier alpha value is -1.65. The van der Waals surface area contributed by atoms with E-state index in [-0.39, 0.29) is 29.9 Å². The third-order valence-electron chi connectivity index (χ3n) is 5.39. The Labute approximate surface area is 213 Å². The van der Waals surface area contributed by atoms with Crippen molar-refractivity contribution in [2.75, 3.05) is 31.5 Å². The Morgan fingerprint density at radius 1 is 1.12 bits per heavy atom. The molecular formula is C24H36IN5OS. The molecule has 0 bridgehead atoms. The molecule has 1 fully saturated rings. The van der Waals surface area contributed by atoms with Crippen LogP contribution in [-0.4, -0.2) is 42.9 Å². The number of guanidine groups is 1. The minimum atomic E-state index is 0. The van der Waals surface area contributed by atoms with E-state index in [2.05, 4.69) is 45.3 Å². The molecule has 8 heteroatoms. The van der Waals surface area contributed by atoms with E-state index in [1.807, 2.05) is 42.5 Å². The Bertz CT molecular complexity index is 819. The molecule has 1 atom stereocenters. The molecule has 1 aliphatic heterocycles. The first-order valence-electron chi connectivity index (χ1n) is 11.4. The van der Waals surface area contributed by atoms with E-state index in [0.717, 1.165) is 36.7 Å². The fraction of sp³-hybridized carbons (Fsp3) is 0.500. The van der Waals surface area contributed by atoms with E-state index in [4.69, 9.17) is 4.99 Å². The highest BCUT2D eigenvalue weighted by Gasteiger charge is 2.24. The van der Waals surface area contributed by atoms with Crippen LogP contribution in [0, 0.1) is 0 Å². The van der Waals surface area contributed by atoms with E-state index in [1.165, 1.54) is 30.8 Å². The number of carbonyl (C=O) groups is 1. The van der Waals surface area contributed by atoms with E-state index < -0.39 is 0 Å². The first kappa shape index (κ1) is 26.6. The Morgan fingerprint density at radius 2 is 1.88 bits per heavy atom. The number of benzene rings is 1. The molecule has 32 heavy (non-hydrogen) atoms. The van der Waals surface area contributed by atoms with Crippen molar-refractivity contribution in [1.82, 2.24) is 15.5 Å². The van der Waals surface area contributed by atoms with Crippen LogP contribution >= 0.6 is 35.3 Å². The number of carbonyl (C=O) groups excluding carboxylic acids is 1. The van der Waals surface area contributed by atoms with Gasteiger partial charge in [0.05, 0.1) is 12.6 Å². The van der Waals surface area contributed by atoms with Gasteiger partial charge in [-0.3, -0.25) is 9.69 Å². The number of nitrogens with zero attached hydrogens (tertiary/aromatic N) is 2. The van der Waals surface area contributed by atoms with Gasteiger partial charge in [-0.05, 0) is 68.4 Å². The van der Waals surface area contributed by atoms with Crippen LogP contribution in [0.3, 0.4) is 0 Å². The van der Waals surface area contributed by atoms with Crippen molar-refractivity contribution in [3.05, 3.63) is 52.2 Å². The molecule has 1 unspecified atom stereocenters. The van der Waals surface area contributed by atoms with Crippen molar-refractivity contribution in [2.45, 2.75) is 52.1 Å². The van der Waals surface area contributed by atoms with E-state index in [9.17, 15) is 4.79 Å². The highest BCUT2D eigenvalue weighted by molar-refractivity contribution is 14.0. The lowest BCUT2D eigenvalue weighted by Crippen LogP contribution is -2.42. The quantitative estimate of drug-likeness (QED) is 0.214. The standard InChI is InChI=1S/C24H35N5OS.HI/c1-3-8-23(30)28-20-12-10-19(11-13-20)17-26-24(25-4-2)27-18-21(22-9-7-16-31-22)29-14-5-6-15-29;/h7,9-13,16,21H,3-6,8,14-15,17-18H2,1-2H3,(H,28,30)(H2,25,26,27);1H. The SMILES string of the molecule is CCCC(=O)Nc1ccc(CN=C(NCC)NCC(c2cccs2)N2CCCC2)cc1.I. The molecule has 1 aliphatic rings. The molecule has 1 amide bonds.